The number of rotatable bonds is 10. The molecule has 0 N–H and O–H groups in total. The predicted octanol–water partition coefficient (Wildman–Crippen LogP) is 8.33. The first-order chi connectivity index (χ1) is 14.1. The highest BCUT2D eigenvalue weighted by atomic mass is 19.1. The number of halogens is 2. The monoisotopic (exact) mass is 394 g/mol. The number of hydrogen-bond acceptors (Lipinski definition) is 0. The van der Waals surface area contributed by atoms with E-state index in [0.29, 0.717) is 17.6 Å². The summed E-state index contributed by atoms with van der Waals surface area (Å²) in [6.07, 6.45) is 16.0. The normalized spacial score (nSPS) is 18.7. The van der Waals surface area contributed by atoms with Crippen LogP contribution in [0.5, 0.6) is 0 Å². The van der Waals surface area contributed by atoms with Gasteiger partial charge in [-0.15, -0.1) is 0 Å². The third-order valence-corrected chi connectivity index (χ3v) is 5.86. The molecule has 0 bridgehead atoms. The molecular formula is C27H32F2. The topological polar surface area (TPSA) is 0 Å². The van der Waals surface area contributed by atoms with Crippen LogP contribution in [0.3, 0.4) is 0 Å². The van der Waals surface area contributed by atoms with Crippen LogP contribution in [0.4, 0.5) is 8.78 Å². The molecule has 2 aromatic rings. The summed E-state index contributed by atoms with van der Waals surface area (Å²) in [7, 11) is 0. The number of alkyl halides is 1. The van der Waals surface area contributed by atoms with Crippen molar-refractivity contribution in [2.45, 2.75) is 70.4 Å². The fourth-order valence-corrected chi connectivity index (χ4v) is 4.09. The van der Waals surface area contributed by atoms with Gasteiger partial charge in [-0.2, -0.15) is 0 Å². The number of benzene rings is 2. The Balaban J connectivity index is 1.62. The molecule has 1 aliphatic carbocycles. The Labute approximate surface area is 174 Å². The molecule has 154 valence electrons. The van der Waals surface area contributed by atoms with E-state index in [1.54, 1.807) is 12.1 Å². The van der Waals surface area contributed by atoms with Gasteiger partial charge >= 0.3 is 0 Å². The third kappa shape index (κ3) is 5.65. The molecule has 0 spiro atoms. The van der Waals surface area contributed by atoms with E-state index >= 15 is 4.39 Å². The first-order valence-electron chi connectivity index (χ1n) is 11.0. The van der Waals surface area contributed by atoms with Crippen LogP contribution in [0.15, 0.2) is 66.8 Å². The van der Waals surface area contributed by atoms with Gasteiger partial charge in [-0.05, 0) is 41.7 Å². The van der Waals surface area contributed by atoms with Gasteiger partial charge in [-0.3, -0.25) is 0 Å². The molecular weight excluding hydrogens is 362 g/mol. The lowest BCUT2D eigenvalue weighted by molar-refractivity contribution is 0.249. The van der Waals surface area contributed by atoms with Gasteiger partial charge in [-0.25, -0.2) is 8.78 Å². The second-order valence-corrected chi connectivity index (χ2v) is 8.09. The highest BCUT2D eigenvalue weighted by Crippen LogP contribution is 2.45. The summed E-state index contributed by atoms with van der Waals surface area (Å²) in [5.41, 5.74) is 1.68. The van der Waals surface area contributed by atoms with E-state index in [0.717, 1.165) is 12.0 Å². The molecule has 1 atom stereocenters. The Morgan fingerprint density at radius 2 is 1.48 bits per heavy atom. The fraction of sp³-hybridized carbons (Fsp3) is 0.407. The Kier molecular flexibility index (Phi) is 7.80. The van der Waals surface area contributed by atoms with Crippen molar-refractivity contribution in [2.24, 2.45) is 0 Å². The standard InChI is InChI=1S/C27H32F2/c1-2-3-4-5-6-7-8-11-22-13-17-24(18-14-22)27(29)21-10-9-12-26(27)23-15-19-25(28)20-16-23/h9-10,12-20H,2-8,11,21H2,1H3. The summed E-state index contributed by atoms with van der Waals surface area (Å²) < 4.78 is 29.4. The molecule has 0 aliphatic heterocycles. The second kappa shape index (κ2) is 10.5. The lowest BCUT2D eigenvalue weighted by Gasteiger charge is -2.30. The molecule has 0 radical (unpaired) electrons. The van der Waals surface area contributed by atoms with Gasteiger partial charge in [0.2, 0.25) is 0 Å². The van der Waals surface area contributed by atoms with E-state index in [-0.39, 0.29) is 5.82 Å². The maximum Gasteiger partial charge on any atom is 0.165 e. The number of aryl methyl sites for hydroxylation is 1. The van der Waals surface area contributed by atoms with Crippen LogP contribution in [0.2, 0.25) is 0 Å². The minimum absolute atomic E-state index is 0.299. The molecule has 1 aliphatic rings. The molecule has 3 rings (SSSR count). The van der Waals surface area contributed by atoms with Crippen molar-refractivity contribution in [3.63, 3.8) is 0 Å². The lowest BCUT2D eigenvalue weighted by Crippen LogP contribution is -2.23. The van der Waals surface area contributed by atoms with Crippen molar-refractivity contribution in [3.05, 3.63) is 89.3 Å². The Morgan fingerprint density at radius 1 is 0.828 bits per heavy atom. The largest absolute Gasteiger partial charge is 0.233 e. The van der Waals surface area contributed by atoms with Crippen molar-refractivity contribution in [1.29, 1.82) is 0 Å². The van der Waals surface area contributed by atoms with Crippen LogP contribution in [-0.2, 0) is 12.1 Å². The van der Waals surface area contributed by atoms with Crippen molar-refractivity contribution in [1.82, 2.24) is 0 Å². The molecule has 0 nitrogen and oxygen atoms in total. The van der Waals surface area contributed by atoms with Crippen molar-refractivity contribution < 1.29 is 8.78 Å². The van der Waals surface area contributed by atoms with Crippen LogP contribution >= 0.6 is 0 Å². The summed E-state index contributed by atoms with van der Waals surface area (Å²) in [6.45, 7) is 2.24. The zero-order chi connectivity index (χ0) is 20.5. The molecule has 0 saturated carbocycles. The van der Waals surface area contributed by atoms with E-state index in [4.69, 9.17) is 0 Å². The smallest absolute Gasteiger partial charge is 0.165 e. The summed E-state index contributed by atoms with van der Waals surface area (Å²) in [5, 5.41) is 0. The van der Waals surface area contributed by atoms with Gasteiger partial charge in [0, 0.05) is 12.0 Å². The zero-order valence-corrected chi connectivity index (χ0v) is 17.5. The summed E-state index contributed by atoms with van der Waals surface area (Å²) in [6, 6.07) is 14.1. The van der Waals surface area contributed by atoms with Crippen LogP contribution < -0.4 is 0 Å². The maximum absolute atomic E-state index is 16.1. The SMILES string of the molecule is CCCCCCCCCc1ccc(C2(F)CC=CC=C2c2ccc(F)cc2)cc1. The minimum atomic E-state index is -1.58. The average molecular weight is 395 g/mol. The predicted molar refractivity (Wildman–Crippen MR) is 119 cm³/mol. The van der Waals surface area contributed by atoms with Gasteiger partial charge in [-0.1, -0.05) is 100 Å². The zero-order valence-electron chi connectivity index (χ0n) is 17.5. The Bertz CT molecular complexity index is 815. The van der Waals surface area contributed by atoms with Crippen LogP contribution in [-0.4, -0.2) is 0 Å². The van der Waals surface area contributed by atoms with E-state index in [9.17, 15) is 4.39 Å². The van der Waals surface area contributed by atoms with E-state index in [1.807, 2.05) is 30.4 Å². The molecule has 29 heavy (non-hydrogen) atoms. The molecule has 0 amide bonds. The second-order valence-electron chi connectivity index (χ2n) is 8.09. The first kappa shape index (κ1) is 21.5. The Morgan fingerprint density at radius 3 is 2.17 bits per heavy atom. The molecule has 2 heteroatoms. The minimum Gasteiger partial charge on any atom is -0.233 e. The Hall–Kier alpha value is -2.22. The van der Waals surface area contributed by atoms with Gasteiger partial charge in [0.25, 0.3) is 0 Å². The highest BCUT2D eigenvalue weighted by molar-refractivity contribution is 5.76. The molecule has 0 heterocycles. The lowest BCUT2D eigenvalue weighted by atomic mass is 9.79. The maximum atomic E-state index is 16.1. The summed E-state index contributed by atoms with van der Waals surface area (Å²) >= 11 is 0. The summed E-state index contributed by atoms with van der Waals surface area (Å²) in [4.78, 5) is 0. The molecule has 0 aromatic heterocycles. The van der Waals surface area contributed by atoms with Crippen molar-refractivity contribution in [3.8, 4) is 0 Å². The van der Waals surface area contributed by atoms with Gasteiger partial charge < -0.3 is 0 Å². The van der Waals surface area contributed by atoms with E-state index in [1.165, 1.54) is 62.6 Å². The quantitative estimate of drug-likeness (QED) is 0.355. The van der Waals surface area contributed by atoms with E-state index in [2.05, 4.69) is 19.1 Å². The van der Waals surface area contributed by atoms with Crippen LogP contribution in [0.1, 0.15) is 75.0 Å². The first-order valence-corrected chi connectivity index (χ1v) is 11.0. The van der Waals surface area contributed by atoms with Crippen molar-refractivity contribution in [2.75, 3.05) is 0 Å². The van der Waals surface area contributed by atoms with Crippen LogP contribution in [0, 0.1) is 5.82 Å². The van der Waals surface area contributed by atoms with E-state index < -0.39 is 5.67 Å². The van der Waals surface area contributed by atoms with Gasteiger partial charge in [0.15, 0.2) is 5.67 Å². The van der Waals surface area contributed by atoms with Gasteiger partial charge in [0.05, 0.1) is 0 Å². The molecule has 0 fully saturated rings. The number of hydrogen-bond donors (Lipinski definition) is 0. The summed E-state index contributed by atoms with van der Waals surface area (Å²) in [5.74, 6) is -0.306. The molecule has 2 aromatic carbocycles. The van der Waals surface area contributed by atoms with Gasteiger partial charge in [0.1, 0.15) is 5.82 Å². The van der Waals surface area contributed by atoms with Crippen molar-refractivity contribution >= 4 is 5.57 Å². The molecule has 0 saturated heterocycles. The fourth-order valence-electron chi connectivity index (χ4n) is 4.09. The third-order valence-electron chi connectivity index (χ3n) is 5.86. The number of allylic oxidation sites excluding steroid dienone is 4. The average Bonchev–Trinajstić information content (AvgIpc) is 2.75. The number of unbranched alkanes of at least 4 members (excludes halogenated alkanes) is 6. The molecule has 1 unspecified atom stereocenters. The van der Waals surface area contributed by atoms with Crippen LogP contribution in [0.25, 0.3) is 5.57 Å². The highest BCUT2D eigenvalue weighted by Gasteiger charge is 2.37.